The Labute approximate surface area is 192 Å². The lowest BCUT2D eigenvalue weighted by Crippen LogP contribution is -2.22. The summed E-state index contributed by atoms with van der Waals surface area (Å²) in [6.45, 7) is 2.50. The predicted molar refractivity (Wildman–Crippen MR) is 128 cm³/mol. The van der Waals surface area contributed by atoms with Crippen molar-refractivity contribution in [3.05, 3.63) is 82.9 Å². The van der Waals surface area contributed by atoms with Gasteiger partial charge in [-0.1, -0.05) is 48.5 Å². The van der Waals surface area contributed by atoms with Crippen LogP contribution in [0.4, 0.5) is 0 Å². The second-order valence-electron chi connectivity index (χ2n) is 8.49. The number of furan rings is 1. The van der Waals surface area contributed by atoms with Crippen LogP contribution in [0.2, 0.25) is 0 Å². The van der Waals surface area contributed by atoms with E-state index in [0.717, 1.165) is 57.4 Å². The molecule has 2 N–H and O–H groups in total. The van der Waals surface area contributed by atoms with E-state index < -0.39 is 5.97 Å². The van der Waals surface area contributed by atoms with E-state index in [9.17, 15) is 10.1 Å². The van der Waals surface area contributed by atoms with Crippen LogP contribution in [0.1, 0.15) is 41.1 Å². The molecule has 0 fully saturated rings. The number of fused-ring (bicyclic) bond motifs is 2. The number of benzene rings is 3. The van der Waals surface area contributed by atoms with Crippen molar-refractivity contribution in [3.8, 4) is 28.5 Å². The van der Waals surface area contributed by atoms with Gasteiger partial charge in [0.15, 0.2) is 5.58 Å². The molecule has 5 heteroatoms. The molecule has 1 aliphatic carbocycles. The summed E-state index contributed by atoms with van der Waals surface area (Å²) in [4.78, 5) is 10.9. The first kappa shape index (κ1) is 21.0. The van der Waals surface area contributed by atoms with Gasteiger partial charge in [0.1, 0.15) is 11.8 Å². The van der Waals surface area contributed by atoms with Gasteiger partial charge < -0.3 is 14.8 Å². The maximum atomic E-state index is 10.9. The molecule has 5 nitrogen and oxygen atoms in total. The highest BCUT2D eigenvalue weighted by atomic mass is 16.4. The van der Waals surface area contributed by atoms with Gasteiger partial charge in [0.2, 0.25) is 0 Å². The lowest BCUT2D eigenvalue weighted by Gasteiger charge is -2.13. The first-order valence-electron chi connectivity index (χ1n) is 11.2. The van der Waals surface area contributed by atoms with Gasteiger partial charge in [0, 0.05) is 23.5 Å². The molecule has 0 saturated carbocycles. The van der Waals surface area contributed by atoms with E-state index in [4.69, 9.17) is 9.52 Å². The molecule has 0 radical (unpaired) electrons. The molecule has 0 bridgehead atoms. The molecule has 1 unspecified atom stereocenters. The fourth-order valence-corrected chi connectivity index (χ4v) is 4.92. The molecule has 1 heterocycles. The first-order chi connectivity index (χ1) is 16.1. The molecule has 3 aromatic carbocycles. The van der Waals surface area contributed by atoms with Crippen LogP contribution in [-0.4, -0.2) is 17.6 Å². The summed E-state index contributed by atoms with van der Waals surface area (Å²) in [6, 6.07) is 23.0. The van der Waals surface area contributed by atoms with Gasteiger partial charge >= 0.3 is 5.97 Å². The average molecular weight is 437 g/mol. The first-order valence-corrected chi connectivity index (χ1v) is 11.2. The molecule has 164 valence electrons. The van der Waals surface area contributed by atoms with Gasteiger partial charge in [-0.15, -0.1) is 0 Å². The Hall–Kier alpha value is -3.88. The normalized spacial score (nSPS) is 14.8. The number of carboxylic acid groups (broad SMARTS) is 1. The van der Waals surface area contributed by atoms with Gasteiger partial charge in [-0.25, -0.2) is 0 Å². The maximum Gasteiger partial charge on any atom is 0.304 e. The molecule has 33 heavy (non-hydrogen) atoms. The number of carbonyl (C=O) groups is 1. The van der Waals surface area contributed by atoms with Crippen LogP contribution in [-0.2, 0) is 11.2 Å². The summed E-state index contributed by atoms with van der Waals surface area (Å²) in [6.07, 6.45) is 1.70. The zero-order valence-corrected chi connectivity index (χ0v) is 18.4. The van der Waals surface area contributed by atoms with E-state index >= 15 is 0 Å². The van der Waals surface area contributed by atoms with Gasteiger partial charge in [0.05, 0.1) is 12.0 Å². The quantitative estimate of drug-likeness (QED) is 0.387. The summed E-state index contributed by atoms with van der Waals surface area (Å²) >= 11 is 0. The molecule has 4 aromatic rings. The summed E-state index contributed by atoms with van der Waals surface area (Å²) in [5.74, 6) is -0.0719. The molecule has 0 saturated heterocycles. The summed E-state index contributed by atoms with van der Waals surface area (Å²) in [5.41, 5.74) is 7.74. The van der Waals surface area contributed by atoms with Crippen LogP contribution in [0.15, 0.2) is 65.1 Å². The Bertz CT molecular complexity index is 1400. The minimum atomic E-state index is -0.818. The second-order valence-corrected chi connectivity index (χ2v) is 8.49. The number of nitrogens with one attached hydrogen (secondary N) is 1. The van der Waals surface area contributed by atoms with E-state index in [1.807, 2.05) is 30.3 Å². The standard InChI is InChI=1S/C28H24N2O3/c1-17-20(18-6-3-2-4-7-18)8-5-9-21(17)26-15-19-14-23-22(24(16-29)28(19)33-26)10-11-25(23)30-13-12-27(31)32/h2-9,14-15,25,30H,10-13H2,1H3,(H,31,32). The highest BCUT2D eigenvalue weighted by molar-refractivity contribution is 5.90. The van der Waals surface area contributed by atoms with E-state index in [2.05, 4.69) is 48.6 Å². The average Bonchev–Trinajstić information content (AvgIpc) is 3.42. The zero-order chi connectivity index (χ0) is 22.9. The number of aliphatic carboxylic acids is 1. The van der Waals surface area contributed by atoms with Gasteiger partial charge in [-0.05, 0) is 59.7 Å². The summed E-state index contributed by atoms with van der Waals surface area (Å²) < 4.78 is 6.30. The van der Waals surface area contributed by atoms with Crippen molar-refractivity contribution in [1.82, 2.24) is 5.32 Å². The molecular weight excluding hydrogens is 412 g/mol. The Morgan fingerprint density at radius 1 is 1.15 bits per heavy atom. The summed E-state index contributed by atoms with van der Waals surface area (Å²) in [5, 5.41) is 23.1. The predicted octanol–water partition coefficient (Wildman–Crippen LogP) is 6.00. The lowest BCUT2D eigenvalue weighted by atomic mass is 9.95. The zero-order valence-electron chi connectivity index (χ0n) is 18.4. The molecular formula is C28H24N2O3. The molecule has 1 aromatic heterocycles. The Morgan fingerprint density at radius 3 is 2.70 bits per heavy atom. The fourth-order valence-electron chi connectivity index (χ4n) is 4.92. The Kier molecular flexibility index (Phi) is 5.45. The van der Waals surface area contributed by atoms with Crippen LogP contribution < -0.4 is 5.32 Å². The van der Waals surface area contributed by atoms with Crippen molar-refractivity contribution >= 4 is 16.9 Å². The highest BCUT2D eigenvalue weighted by Gasteiger charge is 2.28. The third-order valence-corrected chi connectivity index (χ3v) is 6.53. The minimum absolute atomic E-state index is 0.0531. The Morgan fingerprint density at radius 2 is 1.94 bits per heavy atom. The third kappa shape index (κ3) is 3.79. The molecule has 0 amide bonds. The number of hydrogen-bond donors (Lipinski definition) is 2. The van der Waals surface area contributed by atoms with Crippen LogP contribution in [0.3, 0.4) is 0 Å². The SMILES string of the molecule is Cc1c(-c2ccccc2)cccc1-c1cc2cc3c(c(C#N)c2o1)CCC3NCCC(=O)O. The molecule has 1 aliphatic rings. The van der Waals surface area contributed by atoms with Crippen molar-refractivity contribution in [2.75, 3.05) is 6.54 Å². The van der Waals surface area contributed by atoms with Gasteiger partial charge in [-0.3, -0.25) is 4.79 Å². The topological polar surface area (TPSA) is 86.3 Å². The van der Waals surface area contributed by atoms with E-state index in [1.165, 1.54) is 0 Å². The smallest absolute Gasteiger partial charge is 0.304 e. The van der Waals surface area contributed by atoms with Crippen molar-refractivity contribution < 1.29 is 14.3 Å². The van der Waals surface area contributed by atoms with Gasteiger partial charge in [0.25, 0.3) is 0 Å². The fraction of sp³-hybridized carbons (Fsp3) is 0.214. The van der Waals surface area contributed by atoms with E-state index in [1.54, 1.807) is 0 Å². The molecule has 5 rings (SSSR count). The summed E-state index contributed by atoms with van der Waals surface area (Å²) in [7, 11) is 0. The van der Waals surface area contributed by atoms with E-state index in [-0.39, 0.29) is 12.5 Å². The molecule has 0 aliphatic heterocycles. The van der Waals surface area contributed by atoms with Crippen molar-refractivity contribution in [2.45, 2.75) is 32.2 Å². The number of carboxylic acids is 1. The second kappa shape index (κ2) is 8.57. The number of hydrogen-bond acceptors (Lipinski definition) is 4. The van der Waals surface area contributed by atoms with Crippen LogP contribution >= 0.6 is 0 Å². The van der Waals surface area contributed by atoms with Crippen LogP contribution in [0, 0.1) is 18.3 Å². The monoisotopic (exact) mass is 436 g/mol. The highest BCUT2D eigenvalue weighted by Crippen LogP contribution is 2.41. The van der Waals surface area contributed by atoms with Crippen LogP contribution in [0.5, 0.6) is 0 Å². The number of nitriles is 1. The number of rotatable bonds is 6. The van der Waals surface area contributed by atoms with Crippen molar-refractivity contribution in [2.24, 2.45) is 0 Å². The van der Waals surface area contributed by atoms with Crippen LogP contribution in [0.25, 0.3) is 33.4 Å². The Balaban J connectivity index is 1.57. The minimum Gasteiger partial charge on any atom is -0.481 e. The van der Waals surface area contributed by atoms with Gasteiger partial charge in [-0.2, -0.15) is 5.26 Å². The number of nitrogens with zero attached hydrogens (tertiary/aromatic N) is 1. The van der Waals surface area contributed by atoms with Crippen molar-refractivity contribution in [1.29, 1.82) is 5.26 Å². The lowest BCUT2D eigenvalue weighted by molar-refractivity contribution is -0.136. The van der Waals surface area contributed by atoms with Crippen molar-refractivity contribution in [3.63, 3.8) is 0 Å². The third-order valence-electron chi connectivity index (χ3n) is 6.53. The van der Waals surface area contributed by atoms with E-state index in [0.29, 0.717) is 17.7 Å². The molecule has 0 spiro atoms. The largest absolute Gasteiger partial charge is 0.481 e. The maximum absolute atomic E-state index is 10.9. The molecule has 1 atom stereocenters.